The predicted octanol–water partition coefficient (Wildman–Crippen LogP) is 12.4. The van der Waals surface area contributed by atoms with E-state index in [4.69, 9.17) is 21.9 Å². The van der Waals surface area contributed by atoms with Crippen molar-refractivity contribution in [1.82, 2.24) is 18.3 Å². The van der Waals surface area contributed by atoms with Crippen molar-refractivity contribution in [1.29, 1.82) is 0 Å². The zero-order valence-electron chi connectivity index (χ0n) is 48.4. The van der Waals surface area contributed by atoms with Crippen LogP contribution in [0.5, 0.6) is 0 Å². The summed E-state index contributed by atoms with van der Waals surface area (Å²) < 4.78 is 201. The molecule has 12 aromatic rings. The molecule has 52 heavy (non-hydrogen) atoms. The van der Waals surface area contributed by atoms with Crippen LogP contribution in [0.2, 0.25) is 0 Å². The van der Waals surface area contributed by atoms with Crippen molar-refractivity contribution in [2.45, 2.75) is 0 Å². The summed E-state index contributed by atoms with van der Waals surface area (Å²) in [5.74, 6) is 0. The van der Waals surface area contributed by atoms with Gasteiger partial charge in [-0.2, -0.15) is 0 Å². The van der Waals surface area contributed by atoms with Crippen LogP contribution in [0.25, 0.3) is 99.2 Å². The maximum atomic E-state index is 9.44. The number of aromatic nitrogens is 4. The Morgan fingerprint density at radius 2 is 0.538 bits per heavy atom. The number of rotatable bonds is 4. The fourth-order valence-corrected chi connectivity index (χ4v) is 7.56. The second kappa shape index (κ2) is 10.3. The minimum absolute atomic E-state index is 0.0352. The fraction of sp³-hybridized carbons (Fsp3) is 0. The number of para-hydroxylation sites is 4. The molecule has 0 aliphatic rings. The Morgan fingerprint density at radius 3 is 0.846 bits per heavy atom. The van der Waals surface area contributed by atoms with E-state index in [1.165, 1.54) is 54.7 Å². The summed E-state index contributed by atoms with van der Waals surface area (Å²) in [4.78, 5) is 0. The lowest BCUT2D eigenvalue weighted by atomic mass is 10.2. The van der Waals surface area contributed by atoms with Crippen molar-refractivity contribution < 1.29 is 30.2 Å². The minimum atomic E-state index is -0.630. The first-order chi connectivity index (χ1) is 35.0. The standard InChI is InChI=1S/C48H30N4/c1-5-21-39-35(17-1)36-18-2-6-22-40(36)49(39)31-13-9-15-33(29-31)51-43-25-11-27-45-47(43)48-44(51)26-12-28-46(48)52(45)34-16-10-14-32(30-34)50-41-23-7-3-19-37(41)38-20-4-8-24-42(38)50/h1-30H/i1D,2D,3D,4D,5D,6D,7D,8D,11D,12D,17D,18D,19D,20D,21D,22D,23D,24D,25D,26D,27D,28D. The van der Waals surface area contributed by atoms with Crippen LogP contribution in [0.1, 0.15) is 30.2 Å². The summed E-state index contributed by atoms with van der Waals surface area (Å²) in [7, 11) is 0. The second-order valence-electron chi connectivity index (χ2n) is 12.2. The van der Waals surface area contributed by atoms with Gasteiger partial charge in [-0.25, -0.2) is 0 Å². The highest BCUT2D eigenvalue weighted by Crippen LogP contribution is 2.43. The first-order valence-electron chi connectivity index (χ1n) is 27.1. The summed E-state index contributed by atoms with van der Waals surface area (Å²) in [6, 6.07) is -0.198. The molecular formula is C48H30N4. The van der Waals surface area contributed by atoms with Crippen molar-refractivity contribution >= 4 is 76.5 Å². The molecule has 0 amide bonds. The SMILES string of the molecule is [2H]c1c([2H])c([2H])c2c(c1[2H])c1c([2H])c([2H])c([2H])c([2H])c1n2-c1cccc(-n2c3c([2H])c([2H])c([2H])c4c3c3c2c([2H])c([2H])c([2H])c3n4-c2cccc(-n3c4c([2H])c([2H])c([2H])c([2H])c4c4c([2H])c([2H])c([2H])c([2H])c43)c2)c1. The van der Waals surface area contributed by atoms with E-state index in [1.807, 2.05) is 0 Å². The Balaban J connectivity index is 1.18. The topological polar surface area (TPSA) is 19.7 Å². The molecule has 242 valence electrons. The van der Waals surface area contributed by atoms with Crippen molar-refractivity contribution in [3.63, 3.8) is 0 Å². The lowest BCUT2D eigenvalue weighted by Crippen LogP contribution is -2.01. The molecule has 4 nitrogen and oxygen atoms in total. The smallest absolute Gasteiger partial charge is 0.0645 e. The fourth-order valence-electron chi connectivity index (χ4n) is 7.56. The summed E-state index contributed by atoms with van der Waals surface area (Å²) in [6.07, 6.45) is 0. The Kier molecular flexibility index (Phi) is 2.82. The lowest BCUT2D eigenvalue weighted by Gasteiger charge is -2.15. The molecule has 0 saturated heterocycles. The second-order valence-corrected chi connectivity index (χ2v) is 12.2. The van der Waals surface area contributed by atoms with E-state index in [0.717, 1.165) is 0 Å². The summed E-state index contributed by atoms with van der Waals surface area (Å²) in [6.45, 7) is 0. The van der Waals surface area contributed by atoms with Gasteiger partial charge in [-0.1, -0.05) is 96.7 Å². The molecule has 0 aliphatic heterocycles. The molecule has 0 unspecified atom stereocenters. The van der Waals surface area contributed by atoms with E-state index in [2.05, 4.69) is 0 Å². The van der Waals surface area contributed by atoms with Crippen LogP contribution in [0.4, 0.5) is 0 Å². The van der Waals surface area contributed by atoms with Gasteiger partial charge in [0.2, 0.25) is 0 Å². The van der Waals surface area contributed by atoms with Gasteiger partial charge in [0.15, 0.2) is 0 Å². The predicted molar refractivity (Wildman–Crippen MR) is 217 cm³/mol. The molecule has 4 aromatic heterocycles. The van der Waals surface area contributed by atoms with Crippen molar-refractivity contribution in [3.8, 4) is 22.7 Å². The Bertz CT molecular complexity index is 4120. The van der Waals surface area contributed by atoms with E-state index >= 15 is 0 Å². The van der Waals surface area contributed by atoms with Crippen LogP contribution >= 0.6 is 0 Å². The number of hydrogen-bond acceptors (Lipinski definition) is 0. The zero-order valence-corrected chi connectivity index (χ0v) is 26.4. The van der Waals surface area contributed by atoms with Gasteiger partial charge in [-0.15, -0.1) is 0 Å². The molecule has 0 aliphatic carbocycles. The largest absolute Gasteiger partial charge is 0.309 e. The zero-order chi connectivity index (χ0) is 53.1. The van der Waals surface area contributed by atoms with Gasteiger partial charge >= 0.3 is 0 Å². The number of nitrogens with zero attached hydrogens (tertiary/aromatic N) is 4. The molecule has 12 rings (SSSR count). The summed E-state index contributed by atoms with van der Waals surface area (Å²) >= 11 is 0. The molecule has 0 bridgehead atoms. The van der Waals surface area contributed by atoms with E-state index < -0.39 is 133 Å². The van der Waals surface area contributed by atoms with Gasteiger partial charge in [-0.3, -0.25) is 0 Å². The maximum Gasteiger partial charge on any atom is 0.0645 e. The van der Waals surface area contributed by atoms with Gasteiger partial charge in [0.1, 0.15) is 0 Å². The molecule has 0 radical (unpaired) electrons. The van der Waals surface area contributed by atoms with Crippen molar-refractivity contribution in [2.75, 3.05) is 0 Å². The highest BCUT2D eigenvalue weighted by molar-refractivity contribution is 6.25. The molecule has 0 N–H and O–H groups in total. The quantitative estimate of drug-likeness (QED) is 0.176. The third-order valence-electron chi connectivity index (χ3n) is 9.57. The monoisotopic (exact) mass is 684 g/mol. The van der Waals surface area contributed by atoms with Crippen molar-refractivity contribution in [2.24, 2.45) is 0 Å². The average molecular weight is 685 g/mol. The van der Waals surface area contributed by atoms with Gasteiger partial charge in [-0.05, 0) is 84.7 Å². The van der Waals surface area contributed by atoms with Crippen molar-refractivity contribution in [3.05, 3.63) is 181 Å². The van der Waals surface area contributed by atoms with Crippen LogP contribution < -0.4 is 0 Å². The van der Waals surface area contributed by atoms with Gasteiger partial charge < -0.3 is 18.3 Å². The highest BCUT2D eigenvalue weighted by atomic mass is 15.1. The highest BCUT2D eigenvalue weighted by Gasteiger charge is 2.23. The molecule has 4 heteroatoms. The van der Waals surface area contributed by atoms with Crippen LogP contribution in [0, 0.1) is 0 Å². The molecule has 0 atom stereocenters. The Labute approximate surface area is 329 Å². The van der Waals surface area contributed by atoms with Gasteiger partial charge in [0.05, 0.1) is 74.3 Å². The van der Waals surface area contributed by atoms with E-state index in [0.29, 0.717) is 0 Å². The first-order valence-corrected chi connectivity index (χ1v) is 16.1. The van der Waals surface area contributed by atoms with Crippen LogP contribution in [-0.4, -0.2) is 18.3 Å². The molecule has 0 saturated carbocycles. The third kappa shape index (κ3) is 3.60. The Hall–Kier alpha value is -7.04. The summed E-state index contributed by atoms with van der Waals surface area (Å²) in [5, 5.41) is -0.370. The number of benzene rings is 8. The molecule has 8 aromatic carbocycles. The van der Waals surface area contributed by atoms with E-state index in [1.54, 1.807) is 12.1 Å². The molecule has 0 spiro atoms. The molecule has 4 heterocycles. The van der Waals surface area contributed by atoms with Gasteiger partial charge in [0.25, 0.3) is 0 Å². The minimum Gasteiger partial charge on any atom is -0.309 e. The molecule has 0 fully saturated rings. The van der Waals surface area contributed by atoms with Crippen LogP contribution in [-0.2, 0) is 0 Å². The molecular weight excluding hydrogens is 633 g/mol. The first kappa shape index (κ1) is 14.3. The van der Waals surface area contributed by atoms with Gasteiger partial charge in [0, 0.05) is 55.1 Å². The number of hydrogen-bond donors (Lipinski definition) is 0. The van der Waals surface area contributed by atoms with Crippen LogP contribution in [0.15, 0.2) is 181 Å². The third-order valence-corrected chi connectivity index (χ3v) is 9.57. The van der Waals surface area contributed by atoms with E-state index in [-0.39, 0.29) is 99.2 Å². The van der Waals surface area contributed by atoms with Crippen LogP contribution in [0.3, 0.4) is 0 Å². The lowest BCUT2D eigenvalue weighted by molar-refractivity contribution is 1.12. The maximum absolute atomic E-state index is 9.44. The Morgan fingerprint density at radius 1 is 0.288 bits per heavy atom. The normalized spacial score (nSPS) is 18.2. The summed E-state index contributed by atoms with van der Waals surface area (Å²) in [5.41, 5.74) is -0.243. The average Bonchev–Trinajstić information content (AvgIpc) is 4.17. The van der Waals surface area contributed by atoms with E-state index in [9.17, 15) is 8.22 Å². The number of fused-ring (bicyclic) bond motifs is 6.